The summed E-state index contributed by atoms with van der Waals surface area (Å²) < 4.78 is 5.90. The first-order chi connectivity index (χ1) is 21.0. The molecule has 1 amide bonds. The van der Waals surface area contributed by atoms with Crippen LogP contribution in [0, 0.1) is 0 Å². The smallest absolute Gasteiger partial charge is 0.224 e. The van der Waals surface area contributed by atoms with Crippen LogP contribution >= 0.6 is 0 Å². The number of hydrogen-bond donors (Lipinski definition) is 4. The molecule has 0 aromatic rings. The van der Waals surface area contributed by atoms with Crippen molar-refractivity contribution in [1.29, 1.82) is 0 Å². The van der Waals surface area contributed by atoms with Crippen molar-refractivity contribution in [1.82, 2.24) is 4.90 Å². The van der Waals surface area contributed by atoms with Crippen molar-refractivity contribution in [2.75, 3.05) is 13.1 Å². The Kier molecular flexibility index (Phi) is 25.4. The Morgan fingerprint density at radius 1 is 0.628 bits per heavy atom. The Morgan fingerprint density at radius 2 is 1.07 bits per heavy atom. The molecule has 5 atom stereocenters. The standard InChI is InChI=1S/C36H70N2O5/c1-3-5-7-9-11-13-15-16-17-18-19-20-22-24-26-28-32(39)38(29-27-25-23-21-14-12-10-8-6-4-2)36-35(42)34(41)33(40)31(30-37)43-36/h16-17,31,33-36,40-42H,3-15,18-30,37H2,1-2H3/b17-16-/t31-,33-,34+,35-,36-/m1/s1. The summed E-state index contributed by atoms with van der Waals surface area (Å²) >= 11 is 0. The van der Waals surface area contributed by atoms with Crippen molar-refractivity contribution in [3.05, 3.63) is 12.2 Å². The van der Waals surface area contributed by atoms with Gasteiger partial charge in [-0.15, -0.1) is 0 Å². The minimum atomic E-state index is -1.39. The van der Waals surface area contributed by atoms with E-state index in [-0.39, 0.29) is 12.5 Å². The molecule has 1 fully saturated rings. The Labute approximate surface area is 265 Å². The summed E-state index contributed by atoms with van der Waals surface area (Å²) in [7, 11) is 0. The molecule has 1 heterocycles. The molecule has 0 spiro atoms. The Bertz CT molecular complexity index is 674. The number of allylic oxidation sites excluding steroid dienone is 2. The predicted molar refractivity (Wildman–Crippen MR) is 179 cm³/mol. The number of carbonyl (C=O) groups excluding carboxylic acids is 1. The third-order valence-electron chi connectivity index (χ3n) is 8.95. The van der Waals surface area contributed by atoms with E-state index in [1.54, 1.807) is 4.90 Å². The van der Waals surface area contributed by atoms with Crippen LogP contribution in [0.4, 0.5) is 0 Å². The first kappa shape index (κ1) is 40.0. The molecule has 0 saturated carbocycles. The number of aliphatic hydroxyl groups excluding tert-OH is 3. The minimum Gasteiger partial charge on any atom is -0.388 e. The van der Waals surface area contributed by atoms with Gasteiger partial charge in [0, 0.05) is 19.5 Å². The molecule has 0 radical (unpaired) electrons. The number of hydrogen-bond acceptors (Lipinski definition) is 6. The van der Waals surface area contributed by atoms with Crippen LogP contribution in [0.1, 0.15) is 168 Å². The van der Waals surface area contributed by atoms with Crippen molar-refractivity contribution in [3.8, 4) is 0 Å². The molecule has 1 aliphatic heterocycles. The summed E-state index contributed by atoms with van der Waals surface area (Å²) in [6, 6.07) is 0. The fourth-order valence-corrected chi connectivity index (χ4v) is 6.04. The number of amides is 1. The van der Waals surface area contributed by atoms with E-state index in [4.69, 9.17) is 10.5 Å². The fraction of sp³-hybridized carbons (Fsp3) is 0.917. The second-order valence-electron chi connectivity index (χ2n) is 12.9. The van der Waals surface area contributed by atoms with Crippen LogP contribution in [-0.4, -0.2) is 69.9 Å². The molecule has 0 aliphatic carbocycles. The van der Waals surface area contributed by atoms with Crippen LogP contribution < -0.4 is 5.73 Å². The van der Waals surface area contributed by atoms with E-state index in [0.29, 0.717) is 13.0 Å². The van der Waals surface area contributed by atoms with Gasteiger partial charge in [0.25, 0.3) is 0 Å². The average molecular weight is 611 g/mol. The molecule has 0 bridgehead atoms. The van der Waals surface area contributed by atoms with E-state index in [2.05, 4.69) is 26.0 Å². The highest BCUT2D eigenvalue weighted by Crippen LogP contribution is 2.25. The van der Waals surface area contributed by atoms with Crippen LogP contribution in [-0.2, 0) is 9.53 Å². The number of rotatable bonds is 28. The Morgan fingerprint density at radius 3 is 1.56 bits per heavy atom. The molecular weight excluding hydrogens is 540 g/mol. The van der Waals surface area contributed by atoms with Gasteiger partial charge in [-0.1, -0.05) is 135 Å². The van der Waals surface area contributed by atoms with E-state index < -0.39 is 30.6 Å². The van der Waals surface area contributed by atoms with Crippen molar-refractivity contribution >= 4 is 5.91 Å². The summed E-state index contributed by atoms with van der Waals surface area (Å²) in [4.78, 5) is 14.9. The van der Waals surface area contributed by atoms with E-state index >= 15 is 0 Å². The van der Waals surface area contributed by atoms with Gasteiger partial charge in [0.05, 0.1) is 0 Å². The maximum Gasteiger partial charge on any atom is 0.224 e. The third kappa shape index (κ3) is 18.5. The van der Waals surface area contributed by atoms with Gasteiger partial charge >= 0.3 is 0 Å². The first-order valence-corrected chi connectivity index (χ1v) is 18.3. The molecule has 5 N–H and O–H groups in total. The van der Waals surface area contributed by atoms with Crippen molar-refractivity contribution in [2.24, 2.45) is 5.73 Å². The van der Waals surface area contributed by atoms with Crippen LogP contribution in [0.15, 0.2) is 12.2 Å². The van der Waals surface area contributed by atoms with Gasteiger partial charge in [-0.3, -0.25) is 4.79 Å². The van der Waals surface area contributed by atoms with Gasteiger partial charge < -0.3 is 30.7 Å². The highest BCUT2D eigenvalue weighted by Gasteiger charge is 2.46. The number of aliphatic hydroxyl groups is 3. The third-order valence-corrected chi connectivity index (χ3v) is 8.95. The Hall–Kier alpha value is -0.990. The summed E-state index contributed by atoms with van der Waals surface area (Å²) in [6.07, 6.45) is 26.9. The van der Waals surface area contributed by atoms with E-state index in [1.807, 2.05) is 0 Å². The van der Waals surface area contributed by atoms with Gasteiger partial charge in [0.1, 0.15) is 24.4 Å². The first-order valence-electron chi connectivity index (χ1n) is 18.3. The van der Waals surface area contributed by atoms with E-state index in [0.717, 1.165) is 44.9 Å². The SMILES string of the molecule is CCCCCCCC/C=C\CCCCCCCC(=O)N(CCCCCCCCCCCC)[C@@H]1O[C@H](CN)[C@@H](O)[C@H](O)[C@H]1O. The highest BCUT2D eigenvalue weighted by atomic mass is 16.6. The monoisotopic (exact) mass is 611 g/mol. The molecule has 254 valence electrons. The summed E-state index contributed by atoms with van der Waals surface area (Å²) in [5, 5.41) is 31.4. The van der Waals surface area contributed by atoms with Gasteiger partial charge in [-0.2, -0.15) is 0 Å². The van der Waals surface area contributed by atoms with Crippen molar-refractivity contribution < 1.29 is 24.9 Å². The summed E-state index contributed by atoms with van der Waals surface area (Å²) in [5.41, 5.74) is 5.76. The van der Waals surface area contributed by atoms with Gasteiger partial charge in [0.15, 0.2) is 6.23 Å². The second-order valence-corrected chi connectivity index (χ2v) is 12.9. The van der Waals surface area contributed by atoms with Crippen LogP contribution in [0.5, 0.6) is 0 Å². The second kappa shape index (κ2) is 27.3. The molecule has 0 aromatic heterocycles. The molecule has 1 aliphatic rings. The molecule has 0 unspecified atom stereocenters. The van der Waals surface area contributed by atoms with Gasteiger partial charge in [-0.25, -0.2) is 0 Å². The number of unbranched alkanes of at least 4 members (excludes halogenated alkanes) is 20. The fourth-order valence-electron chi connectivity index (χ4n) is 6.04. The lowest BCUT2D eigenvalue weighted by Crippen LogP contribution is -2.64. The summed E-state index contributed by atoms with van der Waals surface area (Å²) in [6.45, 7) is 4.98. The molecule has 1 saturated heterocycles. The van der Waals surface area contributed by atoms with Crippen molar-refractivity contribution in [3.63, 3.8) is 0 Å². The highest BCUT2D eigenvalue weighted by molar-refractivity contribution is 5.76. The molecule has 1 rings (SSSR count). The summed E-state index contributed by atoms with van der Waals surface area (Å²) in [5.74, 6) is -0.0584. The minimum absolute atomic E-state index is 0.00989. The lowest BCUT2D eigenvalue weighted by atomic mass is 9.97. The zero-order chi connectivity index (χ0) is 31.5. The lowest BCUT2D eigenvalue weighted by molar-refractivity contribution is -0.254. The van der Waals surface area contributed by atoms with Crippen LogP contribution in [0.25, 0.3) is 0 Å². The number of nitrogens with zero attached hydrogens (tertiary/aromatic N) is 1. The van der Waals surface area contributed by atoms with Crippen LogP contribution in [0.2, 0.25) is 0 Å². The molecule has 43 heavy (non-hydrogen) atoms. The Balaban J connectivity index is 2.37. The van der Waals surface area contributed by atoms with E-state index in [1.165, 1.54) is 103 Å². The van der Waals surface area contributed by atoms with Gasteiger partial charge in [0.2, 0.25) is 5.91 Å². The zero-order valence-corrected chi connectivity index (χ0v) is 28.1. The maximum atomic E-state index is 13.3. The zero-order valence-electron chi connectivity index (χ0n) is 28.1. The number of nitrogens with two attached hydrogens (primary N) is 1. The molecular formula is C36H70N2O5. The van der Waals surface area contributed by atoms with Crippen molar-refractivity contribution in [2.45, 2.75) is 199 Å². The molecule has 0 aromatic carbocycles. The number of carbonyl (C=O) groups is 1. The quantitative estimate of drug-likeness (QED) is 0.0537. The molecule has 7 nitrogen and oxygen atoms in total. The van der Waals surface area contributed by atoms with Gasteiger partial charge in [-0.05, 0) is 38.5 Å². The van der Waals surface area contributed by atoms with Crippen LogP contribution in [0.3, 0.4) is 0 Å². The predicted octanol–water partition coefficient (Wildman–Crippen LogP) is 7.54. The topological polar surface area (TPSA) is 116 Å². The average Bonchev–Trinajstić information content (AvgIpc) is 3.01. The largest absolute Gasteiger partial charge is 0.388 e. The number of ether oxygens (including phenoxy) is 1. The lowest BCUT2D eigenvalue weighted by Gasteiger charge is -2.45. The maximum absolute atomic E-state index is 13.3. The van der Waals surface area contributed by atoms with E-state index in [9.17, 15) is 20.1 Å². The molecule has 7 heteroatoms. The normalized spacial score (nSPS) is 22.4.